The van der Waals surface area contributed by atoms with E-state index in [0.717, 1.165) is 33.4 Å². The highest BCUT2D eigenvalue weighted by molar-refractivity contribution is 5.83. The van der Waals surface area contributed by atoms with Crippen LogP contribution in [-0.2, 0) is 11.2 Å². The first-order chi connectivity index (χ1) is 16.2. The predicted molar refractivity (Wildman–Crippen MR) is 135 cm³/mol. The first kappa shape index (κ1) is 23.1. The number of carbonyl (C=O) groups is 1. The molecule has 0 fully saturated rings. The van der Waals surface area contributed by atoms with Crippen molar-refractivity contribution in [2.75, 3.05) is 0 Å². The number of aliphatic imine (C=N–C) groups is 1. The summed E-state index contributed by atoms with van der Waals surface area (Å²) in [6.07, 6.45) is 3.78. The minimum absolute atomic E-state index is 0.411. The Morgan fingerprint density at radius 1 is 1.18 bits per heavy atom. The third-order valence-corrected chi connectivity index (χ3v) is 5.20. The fraction of sp³-hybridized carbons (Fsp3) is 0.269. The second-order valence-electron chi connectivity index (χ2n) is 9.24. The van der Waals surface area contributed by atoms with Crippen LogP contribution < -0.4 is 11.1 Å². The first-order valence-electron chi connectivity index (χ1n) is 11.2. The Labute approximate surface area is 198 Å². The number of aromatic nitrogens is 3. The van der Waals surface area contributed by atoms with Crippen molar-refractivity contribution >= 4 is 28.5 Å². The molecule has 8 heteroatoms. The Morgan fingerprint density at radius 3 is 2.62 bits per heavy atom. The molecule has 1 unspecified atom stereocenters. The van der Waals surface area contributed by atoms with Crippen molar-refractivity contribution in [2.24, 2.45) is 10.7 Å². The minimum Gasteiger partial charge on any atom is -0.444 e. The van der Waals surface area contributed by atoms with Crippen LogP contribution in [0.2, 0.25) is 0 Å². The van der Waals surface area contributed by atoms with E-state index in [9.17, 15) is 4.79 Å². The number of nitrogens with zero attached hydrogens (tertiary/aromatic N) is 2. The molecule has 0 aliphatic carbocycles. The van der Waals surface area contributed by atoms with Crippen LogP contribution in [0, 0.1) is 0 Å². The van der Waals surface area contributed by atoms with Crippen LogP contribution in [0.1, 0.15) is 45.1 Å². The lowest BCUT2D eigenvalue weighted by molar-refractivity contribution is 0.0501. The summed E-state index contributed by atoms with van der Waals surface area (Å²) >= 11 is 0. The maximum absolute atomic E-state index is 12.6. The number of imidazole rings is 1. The Bertz CT molecular complexity index is 1310. The molecule has 0 saturated heterocycles. The van der Waals surface area contributed by atoms with Crippen molar-refractivity contribution in [3.63, 3.8) is 0 Å². The maximum atomic E-state index is 12.6. The summed E-state index contributed by atoms with van der Waals surface area (Å²) in [5.41, 5.74) is 9.76. The van der Waals surface area contributed by atoms with Gasteiger partial charge in [-0.1, -0.05) is 30.3 Å². The van der Waals surface area contributed by atoms with Gasteiger partial charge in [-0.15, -0.1) is 0 Å². The molecule has 8 nitrogen and oxygen atoms in total. The molecule has 0 radical (unpaired) electrons. The number of benzene rings is 2. The van der Waals surface area contributed by atoms with Crippen LogP contribution in [-0.4, -0.2) is 32.5 Å². The molecule has 4 aromatic rings. The molecular formula is C26H30N6O2. The van der Waals surface area contributed by atoms with Crippen molar-refractivity contribution in [2.45, 2.75) is 45.8 Å². The topological polar surface area (TPSA) is 121 Å². The fourth-order valence-corrected chi connectivity index (χ4v) is 3.77. The van der Waals surface area contributed by atoms with Gasteiger partial charge in [-0.2, -0.15) is 0 Å². The van der Waals surface area contributed by atoms with Gasteiger partial charge in [0.25, 0.3) is 0 Å². The fourth-order valence-electron chi connectivity index (χ4n) is 3.77. The van der Waals surface area contributed by atoms with Gasteiger partial charge in [0.1, 0.15) is 11.4 Å². The smallest absolute Gasteiger partial charge is 0.408 e. The van der Waals surface area contributed by atoms with Gasteiger partial charge in [0.2, 0.25) is 0 Å². The van der Waals surface area contributed by atoms with Crippen LogP contribution in [0.15, 0.2) is 65.9 Å². The Balaban J connectivity index is 1.61. The maximum Gasteiger partial charge on any atom is 0.408 e. The van der Waals surface area contributed by atoms with E-state index >= 15 is 0 Å². The molecule has 0 aliphatic rings. The highest BCUT2D eigenvalue weighted by Crippen LogP contribution is 2.26. The molecular weight excluding hydrogens is 428 g/mol. The monoisotopic (exact) mass is 458 g/mol. The molecule has 0 saturated carbocycles. The normalized spacial score (nSPS) is 13.1. The van der Waals surface area contributed by atoms with E-state index in [2.05, 4.69) is 31.3 Å². The zero-order valence-corrected chi connectivity index (χ0v) is 19.8. The number of hydrogen-bond donors (Lipinski definition) is 4. The highest BCUT2D eigenvalue weighted by atomic mass is 16.6. The third kappa shape index (κ3) is 5.64. The average Bonchev–Trinajstić information content (AvgIpc) is 3.40. The van der Waals surface area contributed by atoms with Gasteiger partial charge in [0.15, 0.2) is 0 Å². The number of fused-ring (bicyclic) bond motifs is 1. The van der Waals surface area contributed by atoms with Crippen LogP contribution in [0.5, 0.6) is 0 Å². The van der Waals surface area contributed by atoms with Gasteiger partial charge in [-0.3, -0.25) is 0 Å². The van der Waals surface area contributed by atoms with Crippen LogP contribution >= 0.6 is 0 Å². The van der Waals surface area contributed by atoms with Gasteiger partial charge < -0.3 is 25.8 Å². The molecule has 2 aromatic carbocycles. The van der Waals surface area contributed by atoms with Crippen LogP contribution in [0.25, 0.3) is 22.2 Å². The summed E-state index contributed by atoms with van der Waals surface area (Å²) in [7, 11) is 0. The molecule has 1 atom stereocenters. The van der Waals surface area contributed by atoms with Crippen molar-refractivity contribution in [1.29, 1.82) is 0 Å². The van der Waals surface area contributed by atoms with E-state index in [1.807, 2.05) is 69.4 Å². The molecule has 176 valence electrons. The van der Waals surface area contributed by atoms with Gasteiger partial charge in [0.05, 0.1) is 29.5 Å². The summed E-state index contributed by atoms with van der Waals surface area (Å²) < 4.78 is 5.51. The van der Waals surface area contributed by atoms with Crippen molar-refractivity contribution in [3.8, 4) is 11.3 Å². The van der Waals surface area contributed by atoms with E-state index in [1.165, 1.54) is 0 Å². The Hall–Kier alpha value is -4.07. The first-order valence-corrected chi connectivity index (χ1v) is 11.2. The van der Waals surface area contributed by atoms with E-state index < -0.39 is 17.7 Å². The molecule has 34 heavy (non-hydrogen) atoms. The number of rotatable bonds is 6. The summed E-state index contributed by atoms with van der Waals surface area (Å²) in [5.74, 6) is 1.15. The quantitative estimate of drug-likeness (QED) is 0.229. The largest absolute Gasteiger partial charge is 0.444 e. The molecule has 2 aromatic heterocycles. The van der Waals surface area contributed by atoms with Gasteiger partial charge >= 0.3 is 6.09 Å². The molecule has 5 N–H and O–H groups in total. The molecule has 1 amide bonds. The zero-order valence-electron chi connectivity index (χ0n) is 19.8. The molecule has 0 aliphatic heterocycles. The Kier molecular flexibility index (Phi) is 6.40. The van der Waals surface area contributed by atoms with Crippen LogP contribution in [0.4, 0.5) is 10.5 Å². The zero-order chi connectivity index (χ0) is 24.3. The van der Waals surface area contributed by atoms with Crippen molar-refractivity contribution < 1.29 is 9.53 Å². The number of nitrogens with two attached hydrogens (primary N) is 1. The van der Waals surface area contributed by atoms with Crippen molar-refractivity contribution in [3.05, 3.63) is 72.3 Å². The lowest BCUT2D eigenvalue weighted by atomic mass is 10.0. The second-order valence-corrected chi connectivity index (χ2v) is 9.24. The third-order valence-electron chi connectivity index (χ3n) is 5.20. The number of aromatic amines is 2. The number of ether oxygens (including phenoxy) is 1. The summed E-state index contributed by atoms with van der Waals surface area (Å²) in [5, 5.41) is 4.10. The standard InChI is InChI=1S/C26H30N6O2/c1-16(27)30-19-11-9-17(10-12-19)23-15-29-24(31-23)22(32-25(33)34-26(2,3)4)13-18-14-28-21-8-6-5-7-20(18)21/h5-12,14-15,22,28H,13H2,1-4H3,(H2,27,30)(H,29,31)(H,32,33). The number of carbonyl (C=O) groups excluding carboxylic acids is 1. The molecule has 0 spiro atoms. The number of nitrogens with one attached hydrogen (secondary N) is 3. The molecule has 0 bridgehead atoms. The highest BCUT2D eigenvalue weighted by Gasteiger charge is 2.24. The second kappa shape index (κ2) is 9.43. The lowest BCUT2D eigenvalue weighted by Gasteiger charge is -2.23. The van der Waals surface area contributed by atoms with Gasteiger partial charge in [-0.05, 0) is 57.0 Å². The van der Waals surface area contributed by atoms with Gasteiger partial charge in [0, 0.05) is 23.5 Å². The van der Waals surface area contributed by atoms with Gasteiger partial charge in [-0.25, -0.2) is 14.8 Å². The average molecular weight is 459 g/mol. The number of alkyl carbamates (subject to hydrolysis) is 1. The van der Waals surface area contributed by atoms with E-state index in [1.54, 1.807) is 13.1 Å². The van der Waals surface area contributed by atoms with E-state index in [-0.39, 0.29) is 0 Å². The lowest BCUT2D eigenvalue weighted by Crippen LogP contribution is -2.36. The van der Waals surface area contributed by atoms with Crippen molar-refractivity contribution in [1.82, 2.24) is 20.3 Å². The number of H-pyrrole nitrogens is 2. The van der Waals surface area contributed by atoms with Crippen LogP contribution in [0.3, 0.4) is 0 Å². The minimum atomic E-state index is -0.601. The number of amidine groups is 1. The number of hydrogen-bond acceptors (Lipinski definition) is 4. The summed E-state index contributed by atoms with van der Waals surface area (Å²) in [6, 6.07) is 15.4. The summed E-state index contributed by atoms with van der Waals surface area (Å²) in [4.78, 5) is 28.1. The predicted octanol–water partition coefficient (Wildman–Crippen LogP) is 5.38. The summed E-state index contributed by atoms with van der Waals surface area (Å²) in [6.45, 7) is 7.27. The molecule has 4 rings (SSSR count). The Morgan fingerprint density at radius 2 is 1.91 bits per heavy atom. The number of para-hydroxylation sites is 1. The SMILES string of the molecule is CC(N)=Nc1ccc(-c2cnc(C(Cc3c[nH]c4ccccc34)NC(=O)OC(C)(C)C)[nH]2)cc1. The van der Waals surface area contributed by atoms with E-state index in [4.69, 9.17) is 10.5 Å². The number of amides is 1. The van der Waals surface area contributed by atoms with E-state index in [0.29, 0.717) is 18.1 Å². The molecule has 2 heterocycles.